The van der Waals surface area contributed by atoms with Gasteiger partial charge in [0.05, 0.1) is 0 Å². The third-order valence-corrected chi connectivity index (χ3v) is 7.28. The van der Waals surface area contributed by atoms with Gasteiger partial charge >= 0.3 is 12.1 Å². The van der Waals surface area contributed by atoms with Crippen LogP contribution in [0.25, 0.3) is 11.1 Å². The second kappa shape index (κ2) is 10.3. The van der Waals surface area contributed by atoms with Crippen molar-refractivity contribution in [3.63, 3.8) is 0 Å². The summed E-state index contributed by atoms with van der Waals surface area (Å²) < 4.78 is 5.52. The SMILES string of the molecule is CN(C(=O)CCCCNC(=O)OCC1c2ccccc2-c2ccccc21)C1(C(=O)O)CCCC1. The van der Waals surface area contributed by atoms with Crippen molar-refractivity contribution in [2.75, 3.05) is 20.2 Å². The minimum Gasteiger partial charge on any atom is -0.479 e. The molecule has 2 amide bonds. The largest absolute Gasteiger partial charge is 0.479 e. The summed E-state index contributed by atoms with van der Waals surface area (Å²) in [6.45, 7) is 0.665. The van der Waals surface area contributed by atoms with Crippen LogP contribution in [0.3, 0.4) is 0 Å². The molecule has 1 fully saturated rings. The molecule has 2 aromatic carbocycles. The number of fused-ring (bicyclic) bond motifs is 3. The maximum Gasteiger partial charge on any atom is 0.407 e. The Hall–Kier alpha value is -3.35. The quantitative estimate of drug-likeness (QED) is 0.531. The normalized spacial score (nSPS) is 15.9. The molecule has 2 N–H and O–H groups in total. The van der Waals surface area contributed by atoms with Crippen LogP contribution >= 0.6 is 0 Å². The number of alkyl carbamates (subject to hydrolysis) is 1. The van der Waals surface area contributed by atoms with Crippen molar-refractivity contribution >= 4 is 18.0 Å². The van der Waals surface area contributed by atoms with E-state index in [1.807, 2.05) is 24.3 Å². The minimum atomic E-state index is -1.06. The topological polar surface area (TPSA) is 95.9 Å². The van der Waals surface area contributed by atoms with Crippen LogP contribution in [0, 0.1) is 0 Å². The van der Waals surface area contributed by atoms with Gasteiger partial charge in [0.15, 0.2) is 0 Å². The molecule has 0 aliphatic heterocycles. The predicted octanol–water partition coefficient (Wildman–Crippen LogP) is 4.55. The van der Waals surface area contributed by atoms with Gasteiger partial charge in [0.25, 0.3) is 0 Å². The lowest BCUT2D eigenvalue weighted by Crippen LogP contribution is -2.53. The smallest absolute Gasteiger partial charge is 0.407 e. The molecular weight excluding hydrogens is 432 g/mol. The number of ether oxygens (including phenoxy) is 1. The van der Waals surface area contributed by atoms with E-state index in [9.17, 15) is 19.5 Å². The molecule has 2 aliphatic carbocycles. The van der Waals surface area contributed by atoms with E-state index in [4.69, 9.17) is 4.74 Å². The lowest BCUT2D eigenvalue weighted by atomic mass is 9.95. The van der Waals surface area contributed by atoms with Gasteiger partial charge in [-0.1, -0.05) is 61.4 Å². The minimum absolute atomic E-state index is 0.0171. The van der Waals surface area contributed by atoms with E-state index in [1.165, 1.54) is 27.2 Å². The maximum absolute atomic E-state index is 12.5. The number of carbonyl (C=O) groups excluding carboxylic acids is 2. The lowest BCUT2D eigenvalue weighted by Gasteiger charge is -2.35. The molecule has 7 heteroatoms. The van der Waals surface area contributed by atoms with Crippen LogP contribution in [0.5, 0.6) is 0 Å². The number of hydrogen-bond acceptors (Lipinski definition) is 4. The summed E-state index contributed by atoms with van der Waals surface area (Å²) in [5.41, 5.74) is 3.64. The Morgan fingerprint density at radius 1 is 1.00 bits per heavy atom. The number of aliphatic carboxylic acids is 1. The number of hydrogen-bond donors (Lipinski definition) is 2. The van der Waals surface area contributed by atoms with Gasteiger partial charge in [-0.05, 0) is 47.9 Å². The van der Waals surface area contributed by atoms with Gasteiger partial charge in [0, 0.05) is 25.9 Å². The van der Waals surface area contributed by atoms with Crippen LogP contribution in [0.15, 0.2) is 48.5 Å². The Kier molecular flexibility index (Phi) is 7.20. The molecule has 34 heavy (non-hydrogen) atoms. The highest BCUT2D eigenvalue weighted by Gasteiger charge is 2.46. The van der Waals surface area contributed by atoms with Crippen molar-refractivity contribution < 1.29 is 24.2 Å². The highest BCUT2D eigenvalue weighted by molar-refractivity contribution is 5.87. The first-order chi connectivity index (χ1) is 16.4. The van der Waals surface area contributed by atoms with Crippen LogP contribution < -0.4 is 5.32 Å². The number of benzene rings is 2. The average molecular weight is 465 g/mol. The molecule has 0 heterocycles. The molecule has 0 unspecified atom stereocenters. The molecule has 4 rings (SSSR count). The molecule has 0 bridgehead atoms. The Morgan fingerprint density at radius 3 is 2.18 bits per heavy atom. The summed E-state index contributed by atoms with van der Waals surface area (Å²) in [7, 11) is 1.59. The van der Waals surface area contributed by atoms with Crippen LogP contribution in [0.2, 0.25) is 0 Å². The molecule has 0 radical (unpaired) electrons. The number of carboxylic acids is 1. The first kappa shape index (κ1) is 23.8. The number of carbonyl (C=O) groups is 3. The maximum atomic E-state index is 12.5. The van der Waals surface area contributed by atoms with E-state index in [1.54, 1.807) is 7.05 Å². The number of carboxylic acid groups (broad SMARTS) is 1. The van der Waals surface area contributed by atoms with Crippen LogP contribution in [-0.2, 0) is 14.3 Å². The number of nitrogens with zero attached hydrogens (tertiary/aromatic N) is 1. The lowest BCUT2D eigenvalue weighted by molar-refractivity contribution is -0.157. The molecule has 180 valence electrons. The number of nitrogens with one attached hydrogen (secondary N) is 1. The molecule has 7 nitrogen and oxygen atoms in total. The Labute approximate surface area is 200 Å². The van der Waals surface area contributed by atoms with Gasteiger partial charge in [-0.15, -0.1) is 0 Å². The third kappa shape index (κ3) is 4.65. The Bertz CT molecular complexity index is 1010. The zero-order valence-corrected chi connectivity index (χ0v) is 19.6. The molecule has 1 saturated carbocycles. The van der Waals surface area contributed by atoms with E-state index in [-0.39, 0.29) is 24.9 Å². The molecule has 0 saturated heterocycles. The van der Waals surface area contributed by atoms with Crippen molar-refractivity contribution in [3.05, 3.63) is 59.7 Å². The van der Waals surface area contributed by atoms with Crippen molar-refractivity contribution in [3.8, 4) is 11.1 Å². The van der Waals surface area contributed by atoms with Crippen LogP contribution in [0.1, 0.15) is 62.0 Å². The van der Waals surface area contributed by atoms with Gasteiger partial charge in [-0.3, -0.25) is 4.79 Å². The fraction of sp³-hybridized carbons (Fsp3) is 0.444. The van der Waals surface area contributed by atoms with Crippen LogP contribution in [-0.4, -0.2) is 53.7 Å². The standard InChI is InChI=1S/C27H32N2O5/c1-29(27(25(31)32)15-7-8-16-27)24(30)14-6-9-17-28-26(33)34-18-23-21-12-4-2-10-19(21)20-11-3-5-13-22(20)23/h2-5,10-13,23H,6-9,14-18H2,1H3,(H,28,33)(H,31,32). The fourth-order valence-corrected chi connectivity index (χ4v) is 5.30. The van der Waals surface area contributed by atoms with Gasteiger partial charge in [-0.2, -0.15) is 0 Å². The first-order valence-corrected chi connectivity index (χ1v) is 12.0. The van der Waals surface area contributed by atoms with Gasteiger partial charge in [-0.25, -0.2) is 9.59 Å². The molecule has 0 aromatic heterocycles. The van der Waals surface area contributed by atoms with Crippen molar-refractivity contribution in [1.29, 1.82) is 0 Å². The second-order valence-corrected chi connectivity index (χ2v) is 9.21. The first-order valence-electron chi connectivity index (χ1n) is 12.0. The zero-order chi connectivity index (χ0) is 24.1. The van der Waals surface area contributed by atoms with E-state index in [2.05, 4.69) is 29.6 Å². The number of amides is 2. The summed E-state index contributed by atoms with van der Waals surface area (Å²) in [5, 5.41) is 12.4. The molecule has 0 atom stereocenters. The Balaban J connectivity index is 1.19. The van der Waals surface area contributed by atoms with E-state index >= 15 is 0 Å². The average Bonchev–Trinajstić information content (AvgIpc) is 3.46. The van der Waals surface area contributed by atoms with E-state index in [0.717, 1.165) is 12.8 Å². The van der Waals surface area contributed by atoms with E-state index < -0.39 is 17.6 Å². The summed E-state index contributed by atoms with van der Waals surface area (Å²) >= 11 is 0. The summed E-state index contributed by atoms with van der Waals surface area (Å²) in [5.74, 6) is -1.06. The molecular formula is C27H32N2O5. The summed E-state index contributed by atoms with van der Waals surface area (Å²) in [6.07, 6.45) is 3.65. The number of likely N-dealkylation sites (N-methyl/N-ethyl adjacent to an activating group) is 1. The molecule has 2 aliphatic rings. The van der Waals surface area contributed by atoms with Crippen molar-refractivity contribution in [2.24, 2.45) is 0 Å². The van der Waals surface area contributed by atoms with Crippen molar-refractivity contribution in [2.45, 2.75) is 56.4 Å². The summed E-state index contributed by atoms with van der Waals surface area (Å²) in [6, 6.07) is 16.4. The highest BCUT2D eigenvalue weighted by atomic mass is 16.5. The second-order valence-electron chi connectivity index (χ2n) is 9.21. The third-order valence-electron chi connectivity index (χ3n) is 7.28. The molecule has 0 spiro atoms. The van der Waals surface area contributed by atoms with Gasteiger partial charge in [0.2, 0.25) is 5.91 Å². The van der Waals surface area contributed by atoms with Crippen LogP contribution in [0.4, 0.5) is 4.79 Å². The summed E-state index contributed by atoms with van der Waals surface area (Å²) in [4.78, 5) is 38.0. The highest BCUT2D eigenvalue weighted by Crippen LogP contribution is 2.44. The number of unbranched alkanes of at least 4 members (excludes halogenated alkanes) is 1. The molecule has 2 aromatic rings. The van der Waals surface area contributed by atoms with Gasteiger partial charge in [0.1, 0.15) is 12.1 Å². The van der Waals surface area contributed by atoms with Crippen molar-refractivity contribution in [1.82, 2.24) is 10.2 Å². The number of rotatable bonds is 9. The Morgan fingerprint density at radius 2 is 1.59 bits per heavy atom. The monoisotopic (exact) mass is 464 g/mol. The predicted molar refractivity (Wildman–Crippen MR) is 129 cm³/mol. The zero-order valence-electron chi connectivity index (χ0n) is 19.6. The fourth-order valence-electron chi connectivity index (χ4n) is 5.30. The van der Waals surface area contributed by atoms with E-state index in [0.29, 0.717) is 32.2 Å². The van der Waals surface area contributed by atoms with Gasteiger partial charge < -0.3 is 20.1 Å².